The number of ether oxygens (including phenoxy) is 1. The molecular formula is C10H11ClN4O2. The maximum atomic E-state index is 11.5. The monoisotopic (exact) mass is 254 g/mol. The smallest absolute Gasteiger partial charge is 0.233 e. The fourth-order valence-electron chi connectivity index (χ4n) is 1.12. The third-order valence-electron chi connectivity index (χ3n) is 2.02. The number of methoxy groups -OCH3 is 1. The van der Waals surface area contributed by atoms with E-state index in [9.17, 15) is 4.79 Å². The Labute approximate surface area is 103 Å². The molecule has 0 fully saturated rings. The van der Waals surface area contributed by atoms with Gasteiger partial charge in [0.05, 0.1) is 12.1 Å². The molecule has 1 unspecified atom stereocenters. The van der Waals surface area contributed by atoms with Crippen LogP contribution in [-0.2, 0) is 4.79 Å². The summed E-state index contributed by atoms with van der Waals surface area (Å²) in [6.45, 7) is 1.50. The summed E-state index contributed by atoms with van der Waals surface area (Å²) in [6.07, 6.45) is 0. The molecule has 0 heterocycles. The van der Waals surface area contributed by atoms with Gasteiger partial charge in [-0.1, -0.05) is 16.7 Å². The molecule has 0 bridgehead atoms. The number of carbonyl (C=O) groups is 1. The molecule has 0 aromatic heterocycles. The van der Waals surface area contributed by atoms with Crippen LogP contribution in [0.5, 0.6) is 5.75 Å². The highest BCUT2D eigenvalue weighted by Crippen LogP contribution is 2.27. The van der Waals surface area contributed by atoms with E-state index in [0.717, 1.165) is 0 Å². The van der Waals surface area contributed by atoms with Gasteiger partial charge in [0.1, 0.15) is 11.8 Å². The van der Waals surface area contributed by atoms with Gasteiger partial charge in [-0.2, -0.15) is 0 Å². The molecule has 1 aromatic carbocycles. The van der Waals surface area contributed by atoms with E-state index in [2.05, 4.69) is 15.3 Å². The van der Waals surface area contributed by atoms with Gasteiger partial charge in [0.2, 0.25) is 5.91 Å². The summed E-state index contributed by atoms with van der Waals surface area (Å²) in [6, 6.07) is 4.06. The maximum absolute atomic E-state index is 11.5. The van der Waals surface area contributed by atoms with Gasteiger partial charge in [0, 0.05) is 10.6 Å². The van der Waals surface area contributed by atoms with Crippen molar-refractivity contribution in [3.63, 3.8) is 0 Å². The molecule has 0 saturated heterocycles. The Bertz CT molecular complexity index is 471. The summed E-state index contributed by atoms with van der Waals surface area (Å²) in [5.41, 5.74) is 8.72. The van der Waals surface area contributed by atoms with Crippen molar-refractivity contribution in [3.05, 3.63) is 33.7 Å². The van der Waals surface area contributed by atoms with Crippen LogP contribution in [0.1, 0.15) is 6.92 Å². The molecule has 7 heteroatoms. The van der Waals surface area contributed by atoms with Crippen LogP contribution in [0.4, 0.5) is 5.69 Å². The Hall–Kier alpha value is -1.91. The molecule has 1 amide bonds. The van der Waals surface area contributed by atoms with Crippen molar-refractivity contribution in [1.82, 2.24) is 0 Å². The minimum absolute atomic E-state index is 0.390. The number of halogens is 1. The zero-order valence-electron chi connectivity index (χ0n) is 9.35. The van der Waals surface area contributed by atoms with Crippen molar-refractivity contribution in [3.8, 4) is 5.75 Å². The minimum atomic E-state index is -0.777. The number of rotatable bonds is 4. The first kappa shape index (κ1) is 13.2. The SMILES string of the molecule is COc1ccc(NC(=O)C(C)N=[N+]=[N-])cc1Cl. The van der Waals surface area contributed by atoms with Crippen LogP contribution >= 0.6 is 11.6 Å². The molecule has 0 aliphatic rings. The van der Waals surface area contributed by atoms with Crippen molar-refractivity contribution in [2.24, 2.45) is 5.11 Å². The molecule has 90 valence electrons. The van der Waals surface area contributed by atoms with Crippen LogP contribution in [0.25, 0.3) is 10.4 Å². The summed E-state index contributed by atoms with van der Waals surface area (Å²) >= 11 is 5.90. The van der Waals surface area contributed by atoms with E-state index in [4.69, 9.17) is 21.9 Å². The lowest BCUT2D eigenvalue weighted by molar-refractivity contribution is -0.117. The molecule has 0 radical (unpaired) electrons. The topological polar surface area (TPSA) is 87.1 Å². The van der Waals surface area contributed by atoms with Gasteiger partial charge >= 0.3 is 0 Å². The molecule has 0 aliphatic carbocycles. The first-order valence-corrected chi connectivity index (χ1v) is 5.15. The van der Waals surface area contributed by atoms with Crippen molar-refractivity contribution in [2.75, 3.05) is 12.4 Å². The molecule has 0 saturated carbocycles. The number of azide groups is 1. The second-order valence-corrected chi connectivity index (χ2v) is 3.63. The van der Waals surface area contributed by atoms with Crippen LogP contribution < -0.4 is 10.1 Å². The first-order valence-electron chi connectivity index (χ1n) is 4.77. The normalized spacial score (nSPS) is 11.2. The zero-order valence-corrected chi connectivity index (χ0v) is 10.1. The molecule has 1 aromatic rings. The first-order chi connectivity index (χ1) is 8.08. The highest BCUT2D eigenvalue weighted by atomic mass is 35.5. The molecule has 0 spiro atoms. The van der Waals surface area contributed by atoms with Crippen molar-refractivity contribution in [1.29, 1.82) is 0 Å². The number of anilines is 1. The van der Waals surface area contributed by atoms with Crippen LogP contribution in [-0.4, -0.2) is 19.1 Å². The lowest BCUT2D eigenvalue weighted by atomic mass is 10.2. The lowest BCUT2D eigenvalue weighted by Gasteiger charge is -2.09. The number of hydrogen-bond donors (Lipinski definition) is 1. The highest BCUT2D eigenvalue weighted by molar-refractivity contribution is 6.32. The van der Waals surface area contributed by atoms with Crippen LogP contribution in [0.15, 0.2) is 23.3 Å². The summed E-state index contributed by atoms with van der Waals surface area (Å²) in [4.78, 5) is 14.1. The van der Waals surface area contributed by atoms with Gasteiger partial charge in [-0.3, -0.25) is 4.79 Å². The van der Waals surface area contributed by atoms with Crippen molar-refractivity contribution >= 4 is 23.2 Å². The van der Waals surface area contributed by atoms with E-state index in [0.29, 0.717) is 16.5 Å². The largest absolute Gasteiger partial charge is 0.495 e. The van der Waals surface area contributed by atoms with Gasteiger partial charge in [0.25, 0.3) is 0 Å². The molecule has 1 N–H and O–H groups in total. The summed E-state index contributed by atoms with van der Waals surface area (Å²) in [5.74, 6) is 0.122. The quantitative estimate of drug-likeness (QED) is 0.509. The standard InChI is InChI=1S/C10H11ClN4O2/c1-6(14-15-12)10(16)13-7-3-4-9(17-2)8(11)5-7/h3-6H,1-2H3,(H,13,16). The second-order valence-electron chi connectivity index (χ2n) is 3.22. The van der Waals surface area contributed by atoms with E-state index >= 15 is 0 Å². The van der Waals surface area contributed by atoms with Crippen LogP contribution in [0.3, 0.4) is 0 Å². The molecule has 6 nitrogen and oxygen atoms in total. The average Bonchev–Trinajstić information content (AvgIpc) is 2.29. The Morgan fingerprint density at radius 3 is 2.88 bits per heavy atom. The van der Waals surface area contributed by atoms with E-state index in [1.807, 2.05) is 0 Å². The predicted octanol–water partition coefficient (Wildman–Crippen LogP) is 2.99. The third-order valence-corrected chi connectivity index (χ3v) is 2.32. The molecule has 0 aliphatic heterocycles. The number of benzene rings is 1. The highest BCUT2D eigenvalue weighted by Gasteiger charge is 2.11. The number of nitrogens with one attached hydrogen (secondary N) is 1. The summed E-state index contributed by atoms with van der Waals surface area (Å²) < 4.78 is 4.98. The minimum Gasteiger partial charge on any atom is -0.495 e. The number of carbonyl (C=O) groups excluding carboxylic acids is 1. The Balaban J connectivity index is 2.79. The van der Waals surface area contributed by atoms with Gasteiger partial charge in [-0.15, -0.1) is 0 Å². The van der Waals surface area contributed by atoms with Crippen molar-refractivity contribution < 1.29 is 9.53 Å². The summed E-state index contributed by atoms with van der Waals surface area (Å²) in [7, 11) is 1.50. The van der Waals surface area contributed by atoms with E-state index in [-0.39, 0.29) is 0 Å². The Kier molecular flexibility index (Phi) is 4.63. The van der Waals surface area contributed by atoms with Crippen LogP contribution in [0.2, 0.25) is 5.02 Å². The fourth-order valence-corrected chi connectivity index (χ4v) is 1.38. The molecule has 1 rings (SSSR count). The Morgan fingerprint density at radius 1 is 1.65 bits per heavy atom. The number of nitrogens with zero attached hydrogens (tertiary/aromatic N) is 3. The molecule has 17 heavy (non-hydrogen) atoms. The second kappa shape index (κ2) is 5.98. The zero-order chi connectivity index (χ0) is 12.8. The van der Waals surface area contributed by atoms with Gasteiger partial charge in [0.15, 0.2) is 0 Å². The maximum Gasteiger partial charge on any atom is 0.233 e. The Morgan fingerprint density at radius 2 is 2.35 bits per heavy atom. The molecule has 1 atom stereocenters. The van der Waals surface area contributed by atoms with Gasteiger partial charge in [-0.05, 0) is 30.7 Å². The van der Waals surface area contributed by atoms with Crippen LogP contribution in [0, 0.1) is 0 Å². The third kappa shape index (κ3) is 3.55. The van der Waals surface area contributed by atoms with Gasteiger partial charge in [-0.25, -0.2) is 0 Å². The fraction of sp³-hybridized carbons (Fsp3) is 0.300. The van der Waals surface area contributed by atoms with E-state index in [1.165, 1.54) is 14.0 Å². The van der Waals surface area contributed by atoms with E-state index < -0.39 is 11.9 Å². The summed E-state index contributed by atoms with van der Waals surface area (Å²) in [5, 5.41) is 6.25. The average molecular weight is 255 g/mol. The van der Waals surface area contributed by atoms with E-state index in [1.54, 1.807) is 18.2 Å². The van der Waals surface area contributed by atoms with Crippen molar-refractivity contribution in [2.45, 2.75) is 13.0 Å². The predicted molar refractivity (Wildman–Crippen MR) is 65.2 cm³/mol. The number of hydrogen-bond acceptors (Lipinski definition) is 3. The molecular weight excluding hydrogens is 244 g/mol. The number of amides is 1. The van der Waals surface area contributed by atoms with Gasteiger partial charge < -0.3 is 10.1 Å². The lowest BCUT2D eigenvalue weighted by Crippen LogP contribution is -2.22.